The Hall–Kier alpha value is -1.22. The molecule has 2 nitrogen and oxygen atoms in total. The van der Waals surface area contributed by atoms with Crippen LogP contribution in [0.1, 0.15) is 43.5 Å². The number of benzene rings is 1. The van der Waals surface area contributed by atoms with Gasteiger partial charge < -0.3 is 0 Å². The molecular weight excluding hydrogens is 241 g/mol. The third-order valence-electron chi connectivity index (χ3n) is 3.44. The molecule has 1 aliphatic carbocycles. The Morgan fingerprint density at radius 2 is 2.16 bits per heavy atom. The van der Waals surface area contributed by atoms with Crippen LogP contribution in [0.2, 0.25) is 0 Å². The Labute approximate surface area is 114 Å². The van der Waals surface area contributed by atoms with Gasteiger partial charge in [-0.15, -0.1) is 0 Å². The van der Waals surface area contributed by atoms with E-state index < -0.39 is 0 Å². The molecule has 0 heterocycles. The molecule has 1 aliphatic rings. The summed E-state index contributed by atoms with van der Waals surface area (Å²) < 4.78 is 13.1. The molecule has 1 aromatic carbocycles. The Kier molecular flexibility index (Phi) is 4.70. The van der Waals surface area contributed by atoms with Gasteiger partial charge in [0.25, 0.3) is 0 Å². The van der Waals surface area contributed by atoms with Crippen LogP contribution in [0, 0.1) is 11.7 Å². The number of ketones is 1. The minimum atomic E-state index is -0.341. The molecule has 3 heteroatoms. The number of hydrogen-bond donors (Lipinski definition) is 0. The molecule has 1 saturated carbocycles. The van der Waals surface area contributed by atoms with Crippen molar-refractivity contribution in [1.82, 2.24) is 4.90 Å². The van der Waals surface area contributed by atoms with Crippen molar-refractivity contribution >= 4 is 5.78 Å². The third kappa shape index (κ3) is 4.43. The number of rotatable bonds is 7. The zero-order valence-electron chi connectivity index (χ0n) is 11.7. The van der Waals surface area contributed by atoms with Gasteiger partial charge in [-0.3, -0.25) is 9.69 Å². The topological polar surface area (TPSA) is 20.3 Å². The lowest BCUT2D eigenvalue weighted by Crippen LogP contribution is -2.32. The quantitative estimate of drug-likeness (QED) is 0.702. The van der Waals surface area contributed by atoms with Crippen molar-refractivity contribution in [2.24, 2.45) is 5.92 Å². The van der Waals surface area contributed by atoms with Crippen LogP contribution >= 0.6 is 0 Å². The molecule has 19 heavy (non-hydrogen) atoms. The lowest BCUT2D eigenvalue weighted by Gasteiger charge is -2.23. The number of nitrogens with zero attached hydrogens (tertiary/aromatic N) is 1. The number of carbonyl (C=O) groups is 1. The van der Waals surface area contributed by atoms with Gasteiger partial charge in [0.05, 0.1) is 0 Å². The lowest BCUT2D eigenvalue weighted by molar-refractivity contribution is 0.0958. The predicted molar refractivity (Wildman–Crippen MR) is 74.8 cm³/mol. The Bertz CT molecular complexity index is 440. The maximum absolute atomic E-state index is 13.1. The van der Waals surface area contributed by atoms with Gasteiger partial charge >= 0.3 is 0 Å². The van der Waals surface area contributed by atoms with E-state index in [1.807, 2.05) is 0 Å². The SMILES string of the molecule is CC(C)CN(CCC(=O)c1cccc(F)c1)C1CC1. The number of Topliss-reactive ketones (excluding diaryl/α,β-unsaturated/α-hetero) is 1. The molecule has 1 aromatic rings. The summed E-state index contributed by atoms with van der Waals surface area (Å²) in [5.41, 5.74) is 0.486. The second-order valence-corrected chi connectivity index (χ2v) is 5.80. The summed E-state index contributed by atoms with van der Waals surface area (Å²) in [5.74, 6) is 0.311. The third-order valence-corrected chi connectivity index (χ3v) is 3.44. The van der Waals surface area contributed by atoms with Gasteiger partial charge in [-0.2, -0.15) is 0 Å². The molecule has 0 aromatic heterocycles. The highest BCUT2D eigenvalue weighted by Gasteiger charge is 2.29. The minimum absolute atomic E-state index is 0.0360. The average molecular weight is 263 g/mol. The summed E-state index contributed by atoms with van der Waals surface area (Å²) in [4.78, 5) is 14.4. The molecule has 104 valence electrons. The highest BCUT2D eigenvalue weighted by atomic mass is 19.1. The van der Waals surface area contributed by atoms with E-state index in [1.165, 1.54) is 25.0 Å². The van der Waals surface area contributed by atoms with E-state index in [4.69, 9.17) is 0 Å². The second kappa shape index (κ2) is 6.29. The van der Waals surface area contributed by atoms with Gasteiger partial charge in [-0.25, -0.2) is 4.39 Å². The van der Waals surface area contributed by atoms with Crippen LogP contribution in [0.4, 0.5) is 4.39 Å². The van der Waals surface area contributed by atoms with Gasteiger partial charge in [-0.05, 0) is 30.9 Å². The zero-order chi connectivity index (χ0) is 13.8. The maximum Gasteiger partial charge on any atom is 0.164 e. The Morgan fingerprint density at radius 1 is 1.42 bits per heavy atom. The highest BCUT2D eigenvalue weighted by Crippen LogP contribution is 2.27. The van der Waals surface area contributed by atoms with Crippen molar-refractivity contribution in [1.29, 1.82) is 0 Å². The van der Waals surface area contributed by atoms with Crippen molar-refractivity contribution in [2.75, 3.05) is 13.1 Å². The van der Waals surface area contributed by atoms with Gasteiger partial charge in [0, 0.05) is 31.1 Å². The Morgan fingerprint density at radius 3 is 2.74 bits per heavy atom. The first kappa shape index (κ1) is 14.2. The second-order valence-electron chi connectivity index (χ2n) is 5.80. The summed E-state index contributed by atoms with van der Waals surface area (Å²) in [6.45, 7) is 6.23. The standard InChI is InChI=1S/C16H22FNO/c1-12(2)11-18(15-6-7-15)9-8-16(19)13-4-3-5-14(17)10-13/h3-5,10,12,15H,6-9,11H2,1-2H3. The Balaban J connectivity index is 1.88. The predicted octanol–water partition coefficient (Wildman–Crippen LogP) is 3.52. The highest BCUT2D eigenvalue weighted by molar-refractivity contribution is 5.96. The minimum Gasteiger partial charge on any atom is -0.300 e. The first-order valence-corrected chi connectivity index (χ1v) is 7.09. The van der Waals surface area contributed by atoms with Crippen molar-refractivity contribution in [3.05, 3.63) is 35.6 Å². The summed E-state index contributed by atoms with van der Waals surface area (Å²) in [6.07, 6.45) is 2.98. The van der Waals surface area contributed by atoms with Crippen LogP contribution in [-0.4, -0.2) is 29.8 Å². The maximum atomic E-state index is 13.1. The summed E-state index contributed by atoms with van der Waals surface area (Å²) >= 11 is 0. The largest absolute Gasteiger partial charge is 0.300 e. The number of halogens is 1. The molecule has 0 radical (unpaired) electrons. The van der Waals surface area contributed by atoms with Crippen LogP contribution in [-0.2, 0) is 0 Å². The van der Waals surface area contributed by atoms with E-state index >= 15 is 0 Å². The van der Waals surface area contributed by atoms with Crippen LogP contribution in [0.3, 0.4) is 0 Å². The van der Waals surface area contributed by atoms with E-state index in [1.54, 1.807) is 12.1 Å². The number of carbonyl (C=O) groups excluding carboxylic acids is 1. The van der Waals surface area contributed by atoms with Crippen LogP contribution < -0.4 is 0 Å². The fraction of sp³-hybridized carbons (Fsp3) is 0.562. The van der Waals surface area contributed by atoms with E-state index in [0.29, 0.717) is 23.9 Å². The molecule has 1 fully saturated rings. The van der Waals surface area contributed by atoms with Crippen molar-refractivity contribution in [3.8, 4) is 0 Å². The smallest absolute Gasteiger partial charge is 0.164 e. The molecule has 0 bridgehead atoms. The fourth-order valence-corrected chi connectivity index (χ4v) is 2.38. The molecule has 0 amide bonds. The van der Waals surface area contributed by atoms with Crippen molar-refractivity contribution in [3.63, 3.8) is 0 Å². The number of hydrogen-bond acceptors (Lipinski definition) is 2. The molecule has 2 rings (SSSR count). The molecular formula is C16H22FNO. The summed E-state index contributed by atoms with van der Waals surface area (Å²) in [6, 6.07) is 6.64. The van der Waals surface area contributed by atoms with E-state index in [-0.39, 0.29) is 11.6 Å². The van der Waals surface area contributed by atoms with E-state index in [2.05, 4.69) is 18.7 Å². The molecule has 0 saturated heterocycles. The van der Waals surface area contributed by atoms with Gasteiger partial charge in [0.15, 0.2) is 5.78 Å². The molecule has 0 spiro atoms. The molecule has 0 N–H and O–H groups in total. The average Bonchev–Trinajstić information content (AvgIpc) is 3.17. The summed E-state index contributed by atoms with van der Waals surface area (Å²) in [5, 5.41) is 0. The zero-order valence-corrected chi connectivity index (χ0v) is 11.7. The fourth-order valence-electron chi connectivity index (χ4n) is 2.38. The van der Waals surface area contributed by atoms with E-state index in [9.17, 15) is 9.18 Å². The van der Waals surface area contributed by atoms with Gasteiger partial charge in [0.2, 0.25) is 0 Å². The lowest BCUT2D eigenvalue weighted by atomic mass is 10.1. The monoisotopic (exact) mass is 263 g/mol. The molecule has 0 unspecified atom stereocenters. The normalized spacial score (nSPS) is 15.2. The summed E-state index contributed by atoms with van der Waals surface area (Å²) in [7, 11) is 0. The van der Waals surface area contributed by atoms with Crippen LogP contribution in [0.15, 0.2) is 24.3 Å². The van der Waals surface area contributed by atoms with Gasteiger partial charge in [-0.1, -0.05) is 26.0 Å². The molecule has 0 aliphatic heterocycles. The van der Waals surface area contributed by atoms with Crippen molar-refractivity contribution < 1.29 is 9.18 Å². The molecule has 0 atom stereocenters. The first-order chi connectivity index (χ1) is 9.06. The first-order valence-electron chi connectivity index (χ1n) is 7.09. The van der Waals surface area contributed by atoms with E-state index in [0.717, 1.165) is 13.1 Å². The van der Waals surface area contributed by atoms with Crippen molar-refractivity contribution in [2.45, 2.75) is 39.2 Å². The van der Waals surface area contributed by atoms with Crippen LogP contribution in [0.5, 0.6) is 0 Å². The van der Waals surface area contributed by atoms with Crippen LogP contribution in [0.25, 0.3) is 0 Å². The van der Waals surface area contributed by atoms with Gasteiger partial charge in [0.1, 0.15) is 5.82 Å².